The molecule has 1 rings (SSSR count). The van der Waals surface area contributed by atoms with Crippen LogP contribution in [0.4, 0.5) is 5.69 Å². The van der Waals surface area contributed by atoms with Gasteiger partial charge in [-0.05, 0) is 24.0 Å². The first kappa shape index (κ1) is 16.2. The number of quaternary nitrogens is 1. The highest BCUT2D eigenvalue weighted by molar-refractivity contribution is 5.93. The average molecular weight is 278 g/mol. The molecule has 0 heterocycles. The van der Waals surface area contributed by atoms with Crippen LogP contribution in [0.15, 0.2) is 18.2 Å². The van der Waals surface area contributed by atoms with Gasteiger partial charge in [-0.3, -0.25) is 9.59 Å². The van der Waals surface area contributed by atoms with Gasteiger partial charge in [-0.25, -0.2) is 0 Å². The summed E-state index contributed by atoms with van der Waals surface area (Å²) < 4.78 is 0. The number of amides is 2. The van der Waals surface area contributed by atoms with E-state index in [2.05, 4.69) is 24.5 Å². The SMILES string of the molecule is CCc1cccc(CC)c1NC(=O)C[NH2+]CC(=O)NC. The molecule has 5 heteroatoms. The number of rotatable bonds is 7. The molecule has 0 atom stereocenters. The highest BCUT2D eigenvalue weighted by Crippen LogP contribution is 2.22. The Balaban J connectivity index is 2.63. The molecule has 0 spiro atoms. The number of carbonyl (C=O) groups excluding carboxylic acids is 2. The summed E-state index contributed by atoms with van der Waals surface area (Å²) in [5.41, 5.74) is 3.21. The van der Waals surface area contributed by atoms with Gasteiger partial charge in [-0.15, -0.1) is 0 Å². The Hall–Kier alpha value is -1.88. The van der Waals surface area contributed by atoms with Gasteiger partial charge in [-0.1, -0.05) is 32.0 Å². The van der Waals surface area contributed by atoms with Crippen molar-refractivity contribution in [2.45, 2.75) is 26.7 Å². The standard InChI is InChI=1S/C15H23N3O2/c1-4-11-7-6-8-12(5-2)15(11)18-14(20)10-17-9-13(19)16-3/h6-8,17H,4-5,9-10H2,1-3H3,(H,16,19)(H,18,20)/p+1. The Bertz CT molecular complexity index is 450. The molecular weight excluding hydrogens is 254 g/mol. The molecular formula is C15H24N3O2+. The largest absolute Gasteiger partial charge is 0.354 e. The Kier molecular flexibility index (Phi) is 6.73. The number of anilines is 1. The monoisotopic (exact) mass is 278 g/mol. The van der Waals surface area contributed by atoms with Crippen LogP contribution in [0.25, 0.3) is 0 Å². The summed E-state index contributed by atoms with van der Waals surface area (Å²) in [6, 6.07) is 6.08. The second-order valence-corrected chi connectivity index (χ2v) is 4.58. The van der Waals surface area contributed by atoms with Crippen molar-refractivity contribution in [3.8, 4) is 0 Å². The number of hydrogen-bond acceptors (Lipinski definition) is 2. The molecule has 0 unspecified atom stereocenters. The van der Waals surface area contributed by atoms with Gasteiger partial charge in [0, 0.05) is 12.7 Å². The average Bonchev–Trinajstić information content (AvgIpc) is 2.47. The van der Waals surface area contributed by atoms with Crippen LogP contribution in [-0.4, -0.2) is 32.0 Å². The zero-order valence-electron chi connectivity index (χ0n) is 12.5. The first-order valence-corrected chi connectivity index (χ1v) is 7.05. The lowest BCUT2D eigenvalue weighted by molar-refractivity contribution is -0.632. The molecule has 0 fully saturated rings. The third kappa shape index (κ3) is 4.66. The van der Waals surface area contributed by atoms with E-state index in [1.54, 1.807) is 12.4 Å². The van der Waals surface area contributed by atoms with Crippen LogP contribution < -0.4 is 16.0 Å². The molecule has 2 amide bonds. The second-order valence-electron chi connectivity index (χ2n) is 4.58. The van der Waals surface area contributed by atoms with E-state index in [0.717, 1.165) is 29.7 Å². The summed E-state index contributed by atoms with van der Waals surface area (Å²) in [7, 11) is 1.58. The summed E-state index contributed by atoms with van der Waals surface area (Å²) in [5.74, 6) is -0.162. The fraction of sp³-hybridized carbons (Fsp3) is 0.467. The molecule has 0 aromatic heterocycles. The van der Waals surface area contributed by atoms with Gasteiger partial charge in [0.25, 0.3) is 11.8 Å². The summed E-state index contributed by atoms with van der Waals surface area (Å²) in [6.07, 6.45) is 1.76. The van der Waals surface area contributed by atoms with Gasteiger partial charge in [0.05, 0.1) is 0 Å². The number of aryl methyl sites for hydroxylation is 2. The molecule has 4 N–H and O–H groups in total. The predicted molar refractivity (Wildman–Crippen MR) is 79.6 cm³/mol. The molecule has 0 saturated heterocycles. The Morgan fingerprint density at radius 2 is 1.60 bits per heavy atom. The van der Waals surface area contributed by atoms with E-state index < -0.39 is 0 Å². The van der Waals surface area contributed by atoms with Crippen molar-refractivity contribution in [2.24, 2.45) is 0 Å². The second kappa shape index (κ2) is 8.32. The fourth-order valence-electron chi connectivity index (χ4n) is 2.03. The molecule has 0 aliphatic carbocycles. The van der Waals surface area contributed by atoms with Gasteiger partial charge in [0.2, 0.25) is 0 Å². The molecule has 0 saturated carbocycles. The molecule has 0 aliphatic heterocycles. The van der Waals surface area contributed by atoms with Crippen molar-refractivity contribution in [3.05, 3.63) is 29.3 Å². The molecule has 20 heavy (non-hydrogen) atoms. The summed E-state index contributed by atoms with van der Waals surface area (Å²) in [6.45, 7) is 4.65. The lowest BCUT2D eigenvalue weighted by Gasteiger charge is -2.13. The number of carbonyl (C=O) groups is 2. The van der Waals surface area contributed by atoms with Crippen molar-refractivity contribution in [3.63, 3.8) is 0 Å². The van der Waals surface area contributed by atoms with Crippen LogP contribution in [0.5, 0.6) is 0 Å². The molecule has 5 nitrogen and oxygen atoms in total. The minimum absolute atomic E-state index is 0.0792. The smallest absolute Gasteiger partial charge is 0.279 e. The number of benzene rings is 1. The van der Waals surface area contributed by atoms with E-state index in [1.165, 1.54) is 0 Å². The van der Waals surface area contributed by atoms with Crippen molar-refractivity contribution in [1.29, 1.82) is 0 Å². The van der Waals surface area contributed by atoms with Gasteiger partial charge in [-0.2, -0.15) is 0 Å². The predicted octanol–water partition coefficient (Wildman–Crippen LogP) is 0.0593. The quantitative estimate of drug-likeness (QED) is 0.660. The van der Waals surface area contributed by atoms with E-state index >= 15 is 0 Å². The number of nitrogens with two attached hydrogens (primary N) is 1. The molecule has 110 valence electrons. The third-order valence-corrected chi connectivity index (χ3v) is 3.20. The summed E-state index contributed by atoms with van der Waals surface area (Å²) >= 11 is 0. The lowest BCUT2D eigenvalue weighted by atomic mass is 10.0. The highest BCUT2D eigenvalue weighted by atomic mass is 16.2. The van der Waals surface area contributed by atoms with Crippen LogP contribution in [0.2, 0.25) is 0 Å². The van der Waals surface area contributed by atoms with Crippen LogP contribution >= 0.6 is 0 Å². The summed E-state index contributed by atoms with van der Waals surface area (Å²) in [4.78, 5) is 23.0. The maximum Gasteiger partial charge on any atom is 0.279 e. The first-order chi connectivity index (χ1) is 9.62. The normalized spacial score (nSPS) is 10.2. The van der Waals surface area contributed by atoms with Crippen LogP contribution in [0, 0.1) is 0 Å². The molecule has 0 aliphatic rings. The molecule has 0 radical (unpaired) electrons. The lowest BCUT2D eigenvalue weighted by Crippen LogP contribution is -2.88. The van der Waals surface area contributed by atoms with E-state index in [9.17, 15) is 9.59 Å². The van der Waals surface area contributed by atoms with Crippen molar-refractivity contribution < 1.29 is 14.9 Å². The van der Waals surface area contributed by atoms with E-state index in [0.29, 0.717) is 0 Å². The highest BCUT2D eigenvalue weighted by Gasteiger charge is 2.11. The Labute approximate surface area is 120 Å². The maximum absolute atomic E-state index is 11.9. The van der Waals surface area contributed by atoms with Gasteiger partial charge in [0.1, 0.15) is 0 Å². The molecule has 0 bridgehead atoms. The van der Waals surface area contributed by atoms with E-state index in [4.69, 9.17) is 0 Å². The Morgan fingerprint density at radius 3 is 2.10 bits per heavy atom. The van der Waals surface area contributed by atoms with Crippen molar-refractivity contribution in [2.75, 3.05) is 25.5 Å². The topological polar surface area (TPSA) is 74.8 Å². The molecule has 1 aromatic rings. The number of para-hydroxylation sites is 1. The maximum atomic E-state index is 11.9. The van der Waals surface area contributed by atoms with Crippen LogP contribution in [-0.2, 0) is 22.4 Å². The van der Waals surface area contributed by atoms with Gasteiger partial charge in [0.15, 0.2) is 13.1 Å². The van der Waals surface area contributed by atoms with E-state index in [1.807, 2.05) is 18.2 Å². The minimum atomic E-state index is -0.0824. The third-order valence-electron chi connectivity index (χ3n) is 3.20. The van der Waals surface area contributed by atoms with Crippen LogP contribution in [0.3, 0.4) is 0 Å². The van der Waals surface area contributed by atoms with Gasteiger partial charge < -0.3 is 16.0 Å². The number of hydrogen-bond donors (Lipinski definition) is 3. The van der Waals surface area contributed by atoms with Crippen molar-refractivity contribution >= 4 is 17.5 Å². The zero-order chi connectivity index (χ0) is 15.0. The van der Waals surface area contributed by atoms with E-state index in [-0.39, 0.29) is 24.9 Å². The van der Waals surface area contributed by atoms with Gasteiger partial charge >= 0.3 is 0 Å². The molecule has 1 aromatic carbocycles. The number of nitrogens with one attached hydrogen (secondary N) is 2. The summed E-state index contributed by atoms with van der Waals surface area (Å²) in [5, 5.41) is 7.18. The van der Waals surface area contributed by atoms with Crippen molar-refractivity contribution in [1.82, 2.24) is 5.32 Å². The fourth-order valence-corrected chi connectivity index (χ4v) is 2.03. The first-order valence-electron chi connectivity index (χ1n) is 7.05. The minimum Gasteiger partial charge on any atom is -0.354 e. The zero-order valence-corrected chi connectivity index (χ0v) is 12.5. The van der Waals surface area contributed by atoms with Crippen LogP contribution in [0.1, 0.15) is 25.0 Å². The Morgan fingerprint density at radius 1 is 1.05 bits per heavy atom. The number of likely N-dealkylation sites (N-methyl/N-ethyl adjacent to an activating group) is 1.